The van der Waals surface area contributed by atoms with Crippen LogP contribution in [0.1, 0.15) is 81.8 Å². The second-order valence-corrected chi connectivity index (χ2v) is 7.56. The van der Waals surface area contributed by atoms with E-state index in [4.69, 9.17) is 4.74 Å². The van der Waals surface area contributed by atoms with Crippen LogP contribution in [0.25, 0.3) is 0 Å². The van der Waals surface area contributed by atoms with Gasteiger partial charge in [-0.25, -0.2) is 0 Å². The SMILES string of the molecule is CCOC(=O)C(c1nnc(C2CCCC2)[nH]1)C(C1CC1)C1CC1. The molecule has 3 aliphatic carbocycles. The predicted octanol–water partition coefficient (Wildman–Crippen LogP) is 3.55. The zero-order valence-corrected chi connectivity index (χ0v) is 14.0. The van der Waals surface area contributed by atoms with Gasteiger partial charge in [0.25, 0.3) is 0 Å². The zero-order valence-electron chi connectivity index (χ0n) is 14.0. The molecule has 3 aliphatic rings. The first kappa shape index (κ1) is 15.2. The van der Waals surface area contributed by atoms with Gasteiger partial charge in [0.15, 0.2) is 0 Å². The van der Waals surface area contributed by atoms with Gasteiger partial charge in [-0.1, -0.05) is 12.8 Å². The Labute approximate surface area is 137 Å². The second kappa shape index (κ2) is 6.25. The van der Waals surface area contributed by atoms with Crippen molar-refractivity contribution < 1.29 is 9.53 Å². The van der Waals surface area contributed by atoms with Crippen LogP contribution in [0.3, 0.4) is 0 Å². The lowest BCUT2D eigenvalue weighted by Crippen LogP contribution is -2.28. The summed E-state index contributed by atoms with van der Waals surface area (Å²) < 4.78 is 5.40. The first-order chi connectivity index (χ1) is 11.3. The van der Waals surface area contributed by atoms with Gasteiger partial charge in [-0.15, -0.1) is 10.2 Å². The van der Waals surface area contributed by atoms with E-state index in [9.17, 15) is 4.79 Å². The van der Waals surface area contributed by atoms with E-state index in [1.165, 1.54) is 51.4 Å². The van der Waals surface area contributed by atoms with Crippen LogP contribution in [0.5, 0.6) is 0 Å². The highest BCUT2D eigenvalue weighted by atomic mass is 16.5. The van der Waals surface area contributed by atoms with E-state index in [1.807, 2.05) is 6.92 Å². The van der Waals surface area contributed by atoms with Crippen molar-refractivity contribution in [2.75, 3.05) is 6.61 Å². The molecule has 1 unspecified atom stereocenters. The van der Waals surface area contributed by atoms with E-state index in [-0.39, 0.29) is 11.9 Å². The van der Waals surface area contributed by atoms with Crippen molar-refractivity contribution >= 4 is 5.97 Å². The Bertz CT molecular complexity index is 544. The normalized spacial score (nSPS) is 23.4. The molecule has 1 N–H and O–H groups in total. The summed E-state index contributed by atoms with van der Waals surface area (Å²) in [7, 11) is 0. The van der Waals surface area contributed by atoms with E-state index in [1.54, 1.807) is 0 Å². The summed E-state index contributed by atoms with van der Waals surface area (Å²) in [4.78, 5) is 16.1. The molecule has 0 bridgehead atoms. The summed E-state index contributed by atoms with van der Waals surface area (Å²) in [5.41, 5.74) is 0. The molecule has 1 atom stereocenters. The standard InChI is InChI=1S/C18H27N3O2/c1-2-23-18(22)15(14(11-7-8-11)12-9-10-12)17-19-16(20-21-17)13-5-3-4-6-13/h11-15H,2-10H2,1H3,(H,19,20,21). The van der Waals surface area contributed by atoms with E-state index in [0.717, 1.165) is 11.6 Å². The molecule has 5 nitrogen and oxygen atoms in total. The van der Waals surface area contributed by atoms with Gasteiger partial charge in [0.05, 0.1) is 6.61 Å². The topological polar surface area (TPSA) is 67.9 Å². The number of hydrogen-bond acceptors (Lipinski definition) is 4. The fourth-order valence-electron chi connectivity index (χ4n) is 4.39. The molecule has 23 heavy (non-hydrogen) atoms. The first-order valence-corrected chi connectivity index (χ1v) is 9.37. The number of esters is 1. The molecule has 0 spiro atoms. The lowest BCUT2D eigenvalue weighted by atomic mass is 9.83. The molecule has 3 saturated carbocycles. The van der Waals surface area contributed by atoms with Crippen molar-refractivity contribution in [1.82, 2.24) is 15.2 Å². The molecule has 0 radical (unpaired) electrons. The fourth-order valence-corrected chi connectivity index (χ4v) is 4.39. The molecule has 4 rings (SSSR count). The minimum absolute atomic E-state index is 0.106. The van der Waals surface area contributed by atoms with Gasteiger partial charge in [-0.2, -0.15) is 0 Å². The summed E-state index contributed by atoms with van der Waals surface area (Å²) in [6.45, 7) is 2.31. The van der Waals surface area contributed by atoms with E-state index >= 15 is 0 Å². The van der Waals surface area contributed by atoms with Crippen LogP contribution in [0, 0.1) is 17.8 Å². The van der Waals surface area contributed by atoms with Gasteiger partial charge >= 0.3 is 5.97 Å². The number of carbonyl (C=O) groups is 1. The molecule has 0 saturated heterocycles. The van der Waals surface area contributed by atoms with Gasteiger partial charge in [-0.05, 0) is 63.2 Å². The maximum Gasteiger partial charge on any atom is 0.316 e. The summed E-state index contributed by atoms with van der Waals surface area (Å²) in [5.74, 6) is 3.65. The Morgan fingerprint density at radius 3 is 2.35 bits per heavy atom. The number of carbonyl (C=O) groups excluding carboxylic acids is 1. The maximum atomic E-state index is 12.7. The molecule has 1 aromatic heterocycles. The number of nitrogens with one attached hydrogen (secondary N) is 1. The minimum Gasteiger partial charge on any atom is -0.465 e. The first-order valence-electron chi connectivity index (χ1n) is 9.37. The summed E-state index contributed by atoms with van der Waals surface area (Å²) in [6.07, 6.45) is 9.92. The van der Waals surface area contributed by atoms with E-state index in [0.29, 0.717) is 30.3 Å². The molecule has 0 aliphatic heterocycles. The molecule has 126 valence electrons. The van der Waals surface area contributed by atoms with Gasteiger partial charge in [0.2, 0.25) is 0 Å². The van der Waals surface area contributed by atoms with Crippen molar-refractivity contribution in [2.45, 2.75) is 70.1 Å². The molecular formula is C18H27N3O2. The molecule has 5 heteroatoms. The van der Waals surface area contributed by atoms with Crippen LogP contribution >= 0.6 is 0 Å². The van der Waals surface area contributed by atoms with Crippen LogP contribution in [-0.4, -0.2) is 27.8 Å². The van der Waals surface area contributed by atoms with Crippen molar-refractivity contribution in [3.05, 3.63) is 11.6 Å². The Morgan fingerprint density at radius 1 is 1.13 bits per heavy atom. The van der Waals surface area contributed by atoms with Crippen molar-refractivity contribution in [3.63, 3.8) is 0 Å². The largest absolute Gasteiger partial charge is 0.465 e. The zero-order chi connectivity index (χ0) is 15.8. The van der Waals surface area contributed by atoms with Crippen LogP contribution in [0.15, 0.2) is 0 Å². The Hall–Kier alpha value is -1.39. The number of nitrogens with zero attached hydrogens (tertiary/aromatic N) is 2. The Kier molecular flexibility index (Phi) is 4.12. The van der Waals surface area contributed by atoms with Crippen molar-refractivity contribution in [3.8, 4) is 0 Å². The third-order valence-corrected chi connectivity index (χ3v) is 5.82. The summed E-state index contributed by atoms with van der Waals surface area (Å²) >= 11 is 0. The number of aromatic nitrogens is 3. The molecule has 0 aromatic carbocycles. The van der Waals surface area contributed by atoms with Gasteiger partial charge in [-0.3, -0.25) is 4.79 Å². The molecule has 1 aromatic rings. The summed E-state index contributed by atoms with van der Waals surface area (Å²) in [6, 6.07) is 0. The third kappa shape index (κ3) is 3.15. The lowest BCUT2D eigenvalue weighted by Gasteiger charge is -2.23. The molecule has 1 heterocycles. The highest BCUT2D eigenvalue weighted by Gasteiger charge is 2.50. The highest BCUT2D eigenvalue weighted by molar-refractivity contribution is 5.77. The van der Waals surface area contributed by atoms with Crippen LogP contribution in [0.4, 0.5) is 0 Å². The quantitative estimate of drug-likeness (QED) is 0.781. The number of aromatic amines is 1. The molecule has 3 fully saturated rings. The molecule has 0 amide bonds. The number of rotatable bonds is 7. The Balaban J connectivity index is 1.60. The predicted molar refractivity (Wildman–Crippen MR) is 85.9 cm³/mol. The third-order valence-electron chi connectivity index (χ3n) is 5.82. The number of ether oxygens (including phenoxy) is 1. The van der Waals surface area contributed by atoms with Gasteiger partial charge < -0.3 is 9.72 Å². The van der Waals surface area contributed by atoms with Gasteiger partial charge in [0, 0.05) is 5.92 Å². The van der Waals surface area contributed by atoms with Gasteiger partial charge in [0.1, 0.15) is 17.6 Å². The van der Waals surface area contributed by atoms with E-state index in [2.05, 4.69) is 15.2 Å². The molecular weight excluding hydrogens is 290 g/mol. The summed E-state index contributed by atoms with van der Waals surface area (Å²) in [5, 5.41) is 8.79. The van der Waals surface area contributed by atoms with Crippen LogP contribution < -0.4 is 0 Å². The average molecular weight is 317 g/mol. The van der Waals surface area contributed by atoms with E-state index < -0.39 is 0 Å². The minimum atomic E-state index is -0.238. The average Bonchev–Trinajstić information content (AvgIpc) is 3.45. The number of H-pyrrole nitrogens is 1. The smallest absolute Gasteiger partial charge is 0.316 e. The Morgan fingerprint density at radius 2 is 1.78 bits per heavy atom. The maximum absolute atomic E-state index is 12.7. The van der Waals surface area contributed by atoms with Crippen LogP contribution in [0.2, 0.25) is 0 Å². The van der Waals surface area contributed by atoms with Crippen molar-refractivity contribution in [2.24, 2.45) is 17.8 Å². The second-order valence-electron chi connectivity index (χ2n) is 7.56. The lowest BCUT2D eigenvalue weighted by molar-refractivity contribution is -0.147. The van der Waals surface area contributed by atoms with Crippen LogP contribution in [-0.2, 0) is 9.53 Å². The number of hydrogen-bond donors (Lipinski definition) is 1. The fraction of sp³-hybridized carbons (Fsp3) is 0.833. The van der Waals surface area contributed by atoms with Crippen molar-refractivity contribution in [1.29, 1.82) is 0 Å². The monoisotopic (exact) mass is 317 g/mol. The highest BCUT2D eigenvalue weighted by Crippen LogP contribution is 2.54.